The average Bonchev–Trinajstić information content (AvgIpc) is 1.99. The third-order valence-electron chi connectivity index (χ3n) is 1.45. The van der Waals surface area contributed by atoms with Crippen molar-refractivity contribution in [1.29, 1.82) is 0 Å². The maximum absolute atomic E-state index is 10.8. The molecule has 0 unspecified atom stereocenters. The maximum Gasteiger partial charge on any atom is 0.341 e. The van der Waals surface area contributed by atoms with Crippen molar-refractivity contribution in [2.24, 2.45) is 0 Å². The van der Waals surface area contributed by atoms with Gasteiger partial charge in [0.1, 0.15) is 10.7 Å². The van der Waals surface area contributed by atoms with E-state index in [2.05, 4.69) is 10.3 Å². The molecule has 0 atom stereocenters. The van der Waals surface area contributed by atoms with E-state index in [9.17, 15) is 9.59 Å². The van der Waals surface area contributed by atoms with Crippen LogP contribution in [0.1, 0.15) is 17.3 Å². The molecule has 0 radical (unpaired) electrons. The molecule has 1 heterocycles. The first kappa shape index (κ1) is 11.7. The van der Waals surface area contributed by atoms with Gasteiger partial charge in [0.05, 0.1) is 5.02 Å². The van der Waals surface area contributed by atoms with Crippen molar-refractivity contribution >= 4 is 40.9 Å². The second kappa shape index (κ2) is 4.46. The predicted octanol–water partition coefficient (Wildman–Crippen LogP) is 2.04. The van der Waals surface area contributed by atoms with Crippen LogP contribution in [0.25, 0.3) is 0 Å². The number of halogens is 2. The summed E-state index contributed by atoms with van der Waals surface area (Å²) in [6, 6.07) is 1.19. The lowest BCUT2D eigenvalue weighted by Gasteiger charge is -2.07. The lowest BCUT2D eigenvalue weighted by molar-refractivity contribution is -0.114. The molecule has 0 saturated carbocycles. The van der Waals surface area contributed by atoms with Gasteiger partial charge in [-0.3, -0.25) is 4.79 Å². The summed E-state index contributed by atoms with van der Waals surface area (Å²) in [6.07, 6.45) is 0. The average molecular weight is 249 g/mol. The minimum Gasteiger partial charge on any atom is -0.478 e. The number of aromatic carboxylic acids is 1. The number of hydrogen-bond acceptors (Lipinski definition) is 3. The Hall–Kier alpha value is -1.33. The summed E-state index contributed by atoms with van der Waals surface area (Å²) in [5, 5.41) is 11.0. The molecular weight excluding hydrogens is 243 g/mol. The smallest absolute Gasteiger partial charge is 0.341 e. The van der Waals surface area contributed by atoms with Gasteiger partial charge >= 0.3 is 5.97 Å². The fourth-order valence-corrected chi connectivity index (χ4v) is 1.47. The molecule has 0 aliphatic rings. The van der Waals surface area contributed by atoms with Crippen LogP contribution >= 0.6 is 23.2 Å². The Labute approximate surface area is 95.0 Å². The molecule has 0 bridgehead atoms. The molecule has 15 heavy (non-hydrogen) atoms. The summed E-state index contributed by atoms with van der Waals surface area (Å²) < 4.78 is 0. The quantitative estimate of drug-likeness (QED) is 0.786. The van der Waals surface area contributed by atoms with E-state index in [1.54, 1.807) is 0 Å². The van der Waals surface area contributed by atoms with Gasteiger partial charge in [0, 0.05) is 6.92 Å². The number of amides is 1. The van der Waals surface area contributed by atoms with Gasteiger partial charge < -0.3 is 10.4 Å². The van der Waals surface area contributed by atoms with Gasteiger partial charge in [-0.2, -0.15) is 0 Å². The van der Waals surface area contributed by atoms with E-state index >= 15 is 0 Å². The number of hydrogen-bond donors (Lipinski definition) is 2. The molecule has 0 aliphatic heterocycles. The lowest BCUT2D eigenvalue weighted by atomic mass is 10.2. The van der Waals surface area contributed by atoms with E-state index in [0.717, 1.165) is 0 Å². The first-order chi connectivity index (χ1) is 6.91. The van der Waals surface area contributed by atoms with Crippen LogP contribution in [0.4, 0.5) is 5.82 Å². The van der Waals surface area contributed by atoms with Crippen LogP contribution in [0.5, 0.6) is 0 Å². The van der Waals surface area contributed by atoms with Gasteiger partial charge in [-0.05, 0) is 6.07 Å². The second-order valence-electron chi connectivity index (χ2n) is 2.64. The van der Waals surface area contributed by atoms with Crippen molar-refractivity contribution in [3.05, 3.63) is 21.8 Å². The molecule has 1 amide bonds. The lowest BCUT2D eigenvalue weighted by Crippen LogP contribution is -2.13. The standard InChI is InChI=1S/C8H6Cl2N2O3/c1-3(13)11-7-6(8(14)15)4(9)2-5(10)12-7/h2H,1H3,(H,14,15)(H,11,12,13). The highest BCUT2D eigenvalue weighted by atomic mass is 35.5. The van der Waals surface area contributed by atoms with Crippen molar-refractivity contribution in [2.45, 2.75) is 6.92 Å². The molecule has 80 valence electrons. The van der Waals surface area contributed by atoms with E-state index < -0.39 is 11.9 Å². The number of pyridine rings is 1. The number of nitrogens with zero attached hydrogens (tertiary/aromatic N) is 1. The van der Waals surface area contributed by atoms with Gasteiger partial charge in [-0.1, -0.05) is 23.2 Å². The summed E-state index contributed by atoms with van der Waals surface area (Å²) in [5.41, 5.74) is -0.281. The number of nitrogens with one attached hydrogen (secondary N) is 1. The Morgan fingerprint density at radius 3 is 2.53 bits per heavy atom. The summed E-state index contributed by atoms with van der Waals surface area (Å²) >= 11 is 11.2. The number of rotatable bonds is 2. The van der Waals surface area contributed by atoms with E-state index in [1.165, 1.54) is 13.0 Å². The molecule has 1 rings (SSSR count). The number of carbonyl (C=O) groups excluding carboxylic acids is 1. The molecule has 0 spiro atoms. The molecule has 2 N–H and O–H groups in total. The van der Waals surface area contributed by atoms with Gasteiger partial charge in [-0.25, -0.2) is 9.78 Å². The predicted molar refractivity (Wildman–Crippen MR) is 55.5 cm³/mol. The van der Waals surface area contributed by atoms with Crippen molar-refractivity contribution in [1.82, 2.24) is 4.98 Å². The van der Waals surface area contributed by atoms with E-state index in [0.29, 0.717) is 0 Å². The first-order valence-electron chi connectivity index (χ1n) is 3.78. The highest BCUT2D eigenvalue weighted by molar-refractivity contribution is 6.36. The Balaban J connectivity index is 3.33. The second-order valence-corrected chi connectivity index (χ2v) is 3.43. The minimum atomic E-state index is -1.28. The topological polar surface area (TPSA) is 79.3 Å². The molecule has 0 aromatic carbocycles. The molecule has 1 aromatic rings. The molecular formula is C8H6Cl2N2O3. The number of carboxylic acid groups (broad SMARTS) is 1. The van der Waals surface area contributed by atoms with Crippen LogP contribution < -0.4 is 5.32 Å². The van der Waals surface area contributed by atoms with Gasteiger partial charge in [0.15, 0.2) is 5.82 Å². The van der Waals surface area contributed by atoms with Gasteiger partial charge in [0.2, 0.25) is 5.91 Å². The highest BCUT2D eigenvalue weighted by Crippen LogP contribution is 2.25. The molecule has 0 saturated heterocycles. The van der Waals surface area contributed by atoms with E-state index in [-0.39, 0.29) is 21.6 Å². The van der Waals surface area contributed by atoms with Crippen LogP contribution in [0.15, 0.2) is 6.07 Å². The molecule has 1 aromatic heterocycles. The normalized spacial score (nSPS) is 9.80. The third-order valence-corrected chi connectivity index (χ3v) is 1.94. The Bertz CT molecular complexity index is 434. The zero-order chi connectivity index (χ0) is 11.6. The highest BCUT2D eigenvalue weighted by Gasteiger charge is 2.18. The van der Waals surface area contributed by atoms with E-state index in [1.807, 2.05) is 0 Å². The molecule has 5 nitrogen and oxygen atoms in total. The number of carboxylic acids is 1. The fraction of sp³-hybridized carbons (Fsp3) is 0.125. The van der Waals surface area contributed by atoms with Crippen LogP contribution in [-0.4, -0.2) is 22.0 Å². The molecule has 0 aliphatic carbocycles. The van der Waals surface area contributed by atoms with Crippen molar-refractivity contribution < 1.29 is 14.7 Å². The summed E-state index contributed by atoms with van der Waals surface area (Å²) in [7, 11) is 0. The number of aromatic nitrogens is 1. The zero-order valence-corrected chi connectivity index (χ0v) is 9.06. The zero-order valence-electron chi connectivity index (χ0n) is 7.54. The summed E-state index contributed by atoms with van der Waals surface area (Å²) in [4.78, 5) is 25.3. The van der Waals surface area contributed by atoms with Crippen molar-refractivity contribution in [3.8, 4) is 0 Å². The van der Waals surface area contributed by atoms with Crippen molar-refractivity contribution in [2.75, 3.05) is 5.32 Å². The molecule has 7 heteroatoms. The van der Waals surface area contributed by atoms with Crippen LogP contribution in [0, 0.1) is 0 Å². The van der Waals surface area contributed by atoms with Crippen LogP contribution in [0.2, 0.25) is 10.2 Å². The fourth-order valence-electron chi connectivity index (χ4n) is 0.945. The number of anilines is 1. The Morgan fingerprint density at radius 2 is 2.07 bits per heavy atom. The van der Waals surface area contributed by atoms with Crippen LogP contribution in [0.3, 0.4) is 0 Å². The minimum absolute atomic E-state index is 0.00810. The van der Waals surface area contributed by atoms with Gasteiger partial charge in [-0.15, -0.1) is 0 Å². The molecule has 0 fully saturated rings. The van der Waals surface area contributed by atoms with E-state index in [4.69, 9.17) is 28.3 Å². The number of carbonyl (C=O) groups is 2. The Morgan fingerprint density at radius 1 is 1.47 bits per heavy atom. The first-order valence-corrected chi connectivity index (χ1v) is 4.54. The monoisotopic (exact) mass is 248 g/mol. The maximum atomic E-state index is 10.8. The SMILES string of the molecule is CC(=O)Nc1nc(Cl)cc(Cl)c1C(=O)O. The summed E-state index contributed by atoms with van der Waals surface area (Å²) in [6.45, 7) is 1.22. The summed E-state index contributed by atoms with van der Waals surface area (Å²) in [5.74, 6) is -1.90. The largest absolute Gasteiger partial charge is 0.478 e. The van der Waals surface area contributed by atoms with Crippen molar-refractivity contribution in [3.63, 3.8) is 0 Å². The third kappa shape index (κ3) is 2.81. The Kier molecular flexibility index (Phi) is 3.49. The van der Waals surface area contributed by atoms with Crippen LogP contribution in [-0.2, 0) is 4.79 Å². The van der Waals surface area contributed by atoms with Gasteiger partial charge in [0.25, 0.3) is 0 Å².